The van der Waals surface area contributed by atoms with E-state index < -0.39 is 5.97 Å². The SMILES string of the molecule is CCOC(=O)c1cc(NC(=O)c2n[nH]c3c2CNCC3)cn1C.Cl. The first-order valence-electron chi connectivity index (χ1n) is 7.51. The number of ether oxygens (including phenoxy) is 1. The third-order valence-corrected chi connectivity index (χ3v) is 3.77. The minimum atomic E-state index is -0.420. The lowest BCUT2D eigenvalue weighted by atomic mass is 10.1. The predicted molar refractivity (Wildman–Crippen MR) is 90.6 cm³/mol. The highest BCUT2D eigenvalue weighted by atomic mass is 35.5. The van der Waals surface area contributed by atoms with Crippen LogP contribution < -0.4 is 10.6 Å². The van der Waals surface area contributed by atoms with Gasteiger partial charge in [-0.1, -0.05) is 0 Å². The van der Waals surface area contributed by atoms with Crippen LogP contribution in [0.5, 0.6) is 0 Å². The summed E-state index contributed by atoms with van der Waals surface area (Å²) in [4.78, 5) is 24.2. The zero-order valence-corrected chi connectivity index (χ0v) is 14.3. The Hall–Kier alpha value is -2.32. The maximum absolute atomic E-state index is 12.4. The van der Waals surface area contributed by atoms with E-state index in [0.29, 0.717) is 30.2 Å². The van der Waals surface area contributed by atoms with Crippen molar-refractivity contribution in [3.63, 3.8) is 0 Å². The summed E-state index contributed by atoms with van der Waals surface area (Å²) in [5, 5.41) is 13.0. The number of nitrogens with zero attached hydrogens (tertiary/aromatic N) is 2. The molecule has 0 saturated carbocycles. The minimum absolute atomic E-state index is 0. The van der Waals surface area contributed by atoms with Gasteiger partial charge in [0.1, 0.15) is 5.69 Å². The molecule has 0 bridgehead atoms. The summed E-state index contributed by atoms with van der Waals surface area (Å²) in [6, 6.07) is 1.59. The molecule has 9 heteroatoms. The highest BCUT2D eigenvalue weighted by molar-refractivity contribution is 6.04. The van der Waals surface area contributed by atoms with Gasteiger partial charge in [0.05, 0.1) is 12.3 Å². The van der Waals surface area contributed by atoms with Gasteiger partial charge in [-0.05, 0) is 13.0 Å². The summed E-state index contributed by atoms with van der Waals surface area (Å²) in [6.45, 7) is 3.55. The first kappa shape index (κ1) is 18.0. The molecule has 24 heavy (non-hydrogen) atoms. The molecule has 1 amide bonds. The third-order valence-electron chi connectivity index (χ3n) is 3.77. The molecule has 0 aromatic carbocycles. The van der Waals surface area contributed by atoms with Gasteiger partial charge in [-0.25, -0.2) is 4.79 Å². The number of carbonyl (C=O) groups excluding carboxylic acids is 2. The predicted octanol–water partition coefficient (Wildman–Crippen LogP) is 1.24. The second-order valence-electron chi connectivity index (χ2n) is 5.36. The van der Waals surface area contributed by atoms with Crippen molar-refractivity contribution in [3.05, 3.63) is 34.9 Å². The molecule has 3 rings (SSSR count). The second-order valence-corrected chi connectivity index (χ2v) is 5.36. The maximum atomic E-state index is 12.4. The standard InChI is InChI=1S/C15H19N5O3.ClH/c1-3-23-15(22)12-6-9(8-20(12)2)17-14(21)13-10-7-16-5-4-11(10)18-19-13;/h6,8,16H,3-5,7H2,1-2H3,(H,17,21)(H,18,19);1H. The molecular formula is C15H20ClN5O3. The molecule has 0 unspecified atom stereocenters. The van der Waals surface area contributed by atoms with Crippen LogP contribution in [0.15, 0.2) is 12.3 Å². The number of H-pyrrole nitrogens is 1. The molecule has 0 radical (unpaired) electrons. The second kappa shape index (κ2) is 7.50. The number of aromatic nitrogens is 3. The smallest absolute Gasteiger partial charge is 0.355 e. The lowest BCUT2D eigenvalue weighted by molar-refractivity contribution is 0.0515. The van der Waals surface area contributed by atoms with E-state index in [0.717, 1.165) is 24.2 Å². The van der Waals surface area contributed by atoms with E-state index in [1.807, 2.05) is 0 Å². The molecular weight excluding hydrogens is 334 g/mol. The highest BCUT2D eigenvalue weighted by Gasteiger charge is 2.22. The van der Waals surface area contributed by atoms with Crippen molar-refractivity contribution in [2.45, 2.75) is 19.9 Å². The van der Waals surface area contributed by atoms with Gasteiger partial charge in [0.2, 0.25) is 0 Å². The van der Waals surface area contributed by atoms with Crippen molar-refractivity contribution in [2.75, 3.05) is 18.5 Å². The number of halogens is 1. The van der Waals surface area contributed by atoms with Crippen molar-refractivity contribution in [1.29, 1.82) is 0 Å². The van der Waals surface area contributed by atoms with Crippen molar-refractivity contribution in [2.24, 2.45) is 7.05 Å². The van der Waals surface area contributed by atoms with Gasteiger partial charge in [0.25, 0.3) is 5.91 Å². The first-order valence-corrected chi connectivity index (χ1v) is 7.51. The van der Waals surface area contributed by atoms with Crippen LogP contribution in [0.3, 0.4) is 0 Å². The van der Waals surface area contributed by atoms with E-state index in [4.69, 9.17) is 4.74 Å². The van der Waals surface area contributed by atoms with Gasteiger partial charge in [-0.15, -0.1) is 12.4 Å². The monoisotopic (exact) mass is 353 g/mol. The van der Waals surface area contributed by atoms with Crippen LogP contribution in [-0.2, 0) is 24.8 Å². The zero-order valence-electron chi connectivity index (χ0n) is 13.5. The van der Waals surface area contributed by atoms with E-state index >= 15 is 0 Å². The summed E-state index contributed by atoms with van der Waals surface area (Å²) in [7, 11) is 1.72. The van der Waals surface area contributed by atoms with Gasteiger partial charge in [-0.2, -0.15) is 5.10 Å². The van der Waals surface area contributed by atoms with Gasteiger partial charge in [0.15, 0.2) is 5.69 Å². The molecule has 2 aromatic heterocycles. The van der Waals surface area contributed by atoms with Gasteiger partial charge in [-0.3, -0.25) is 9.89 Å². The van der Waals surface area contributed by atoms with Crippen LogP contribution >= 0.6 is 12.4 Å². The van der Waals surface area contributed by atoms with Crippen LogP contribution in [0.2, 0.25) is 0 Å². The average Bonchev–Trinajstić information content (AvgIpc) is 3.11. The van der Waals surface area contributed by atoms with Crippen LogP contribution in [-0.4, -0.2) is 39.8 Å². The highest BCUT2D eigenvalue weighted by Crippen LogP contribution is 2.18. The van der Waals surface area contributed by atoms with E-state index in [2.05, 4.69) is 20.8 Å². The summed E-state index contributed by atoms with van der Waals surface area (Å²) >= 11 is 0. The number of fused-ring (bicyclic) bond motifs is 1. The number of esters is 1. The third kappa shape index (κ3) is 3.44. The van der Waals surface area contributed by atoms with Crippen molar-refractivity contribution < 1.29 is 14.3 Å². The average molecular weight is 354 g/mol. The van der Waals surface area contributed by atoms with Crippen LogP contribution in [0.4, 0.5) is 5.69 Å². The molecule has 130 valence electrons. The number of hydrogen-bond donors (Lipinski definition) is 3. The number of carbonyl (C=O) groups is 2. The molecule has 0 fully saturated rings. The Bertz CT molecular complexity index is 752. The number of hydrogen-bond acceptors (Lipinski definition) is 5. The summed E-state index contributed by atoms with van der Waals surface area (Å²) in [5.41, 5.74) is 3.19. The molecule has 2 aromatic rings. The Kier molecular flexibility index (Phi) is 5.63. The summed E-state index contributed by atoms with van der Waals surface area (Å²) < 4.78 is 6.60. The fraction of sp³-hybridized carbons (Fsp3) is 0.400. The number of rotatable bonds is 4. The number of nitrogens with one attached hydrogen (secondary N) is 3. The molecule has 3 heterocycles. The van der Waals surface area contributed by atoms with Crippen LogP contribution in [0.1, 0.15) is 39.2 Å². The van der Waals surface area contributed by atoms with Gasteiger partial charge in [0, 0.05) is 44.0 Å². The molecule has 0 saturated heterocycles. The quantitative estimate of drug-likeness (QED) is 0.718. The summed E-state index contributed by atoms with van der Waals surface area (Å²) in [6.07, 6.45) is 2.50. The van der Waals surface area contributed by atoms with E-state index in [-0.39, 0.29) is 18.3 Å². The number of aryl methyl sites for hydroxylation is 1. The molecule has 1 aliphatic heterocycles. The number of amides is 1. The molecule has 0 spiro atoms. The number of aromatic amines is 1. The molecule has 3 N–H and O–H groups in total. The number of anilines is 1. The topological polar surface area (TPSA) is 101 Å². The van der Waals surface area contributed by atoms with Crippen molar-refractivity contribution in [3.8, 4) is 0 Å². The van der Waals surface area contributed by atoms with Crippen LogP contribution in [0, 0.1) is 0 Å². The van der Waals surface area contributed by atoms with Crippen LogP contribution in [0.25, 0.3) is 0 Å². The summed E-state index contributed by atoms with van der Waals surface area (Å²) in [5.74, 6) is -0.718. The zero-order chi connectivity index (χ0) is 16.4. The fourth-order valence-corrected chi connectivity index (χ4v) is 2.64. The molecule has 0 atom stereocenters. The Morgan fingerprint density at radius 2 is 2.25 bits per heavy atom. The normalized spacial score (nSPS) is 12.9. The van der Waals surface area contributed by atoms with Crippen molar-refractivity contribution in [1.82, 2.24) is 20.1 Å². The molecule has 1 aliphatic rings. The Balaban J connectivity index is 0.00000208. The van der Waals surface area contributed by atoms with E-state index in [1.165, 1.54) is 0 Å². The fourth-order valence-electron chi connectivity index (χ4n) is 2.64. The first-order chi connectivity index (χ1) is 11.1. The lowest BCUT2D eigenvalue weighted by Gasteiger charge is -2.12. The molecule has 0 aliphatic carbocycles. The van der Waals surface area contributed by atoms with Gasteiger partial charge >= 0.3 is 5.97 Å². The van der Waals surface area contributed by atoms with Gasteiger partial charge < -0.3 is 19.9 Å². The Morgan fingerprint density at radius 1 is 1.46 bits per heavy atom. The lowest BCUT2D eigenvalue weighted by Crippen LogP contribution is -2.25. The van der Waals surface area contributed by atoms with Crippen molar-refractivity contribution >= 4 is 30.0 Å². The minimum Gasteiger partial charge on any atom is -0.461 e. The molecule has 8 nitrogen and oxygen atoms in total. The maximum Gasteiger partial charge on any atom is 0.355 e. The largest absolute Gasteiger partial charge is 0.461 e. The van der Waals surface area contributed by atoms with E-state index in [9.17, 15) is 9.59 Å². The Labute approximate surface area is 145 Å². The Morgan fingerprint density at radius 3 is 3.00 bits per heavy atom. The van der Waals surface area contributed by atoms with E-state index in [1.54, 1.807) is 30.8 Å².